The van der Waals surface area contributed by atoms with E-state index >= 15 is 0 Å². The third-order valence-corrected chi connectivity index (χ3v) is 6.00. The Morgan fingerprint density at radius 1 is 1.09 bits per heavy atom. The molecule has 0 bridgehead atoms. The van der Waals surface area contributed by atoms with Crippen molar-refractivity contribution < 1.29 is 4.79 Å². The zero-order valence-corrected chi connectivity index (χ0v) is 20.4. The quantitative estimate of drug-likeness (QED) is 0.306. The second-order valence-corrected chi connectivity index (χ2v) is 8.70. The van der Waals surface area contributed by atoms with Crippen molar-refractivity contribution in [2.75, 3.05) is 11.6 Å². The van der Waals surface area contributed by atoms with Gasteiger partial charge in [-0.15, -0.1) is 11.8 Å². The van der Waals surface area contributed by atoms with Gasteiger partial charge in [-0.3, -0.25) is 14.8 Å². The van der Waals surface area contributed by atoms with Crippen molar-refractivity contribution in [2.45, 2.75) is 52.6 Å². The van der Waals surface area contributed by atoms with E-state index in [4.69, 9.17) is 4.99 Å². The van der Waals surface area contributed by atoms with Gasteiger partial charge in [0.1, 0.15) is 0 Å². The third-order valence-electron chi connectivity index (χ3n) is 5.27. The van der Waals surface area contributed by atoms with Crippen molar-refractivity contribution in [3.8, 4) is 0 Å². The molecule has 0 radical (unpaired) electrons. The van der Waals surface area contributed by atoms with Gasteiger partial charge in [0.15, 0.2) is 0 Å². The molecule has 3 rings (SSSR count). The maximum atomic E-state index is 13.0. The highest BCUT2D eigenvalue weighted by molar-refractivity contribution is 7.98. The first-order chi connectivity index (χ1) is 15.3. The molecule has 0 aliphatic carbocycles. The lowest BCUT2D eigenvalue weighted by Crippen LogP contribution is -2.36. The number of nitrogens with zero attached hydrogens (tertiary/aromatic N) is 3. The minimum absolute atomic E-state index is 0.193. The molecule has 1 amide bonds. The van der Waals surface area contributed by atoms with Gasteiger partial charge in [0.25, 0.3) is 5.91 Å². The predicted molar refractivity (Wildman–Crippen MR) is 134 cm³/mol. The van der Waals surface area contributed by atoms with Gasteiger partial charge in [0.05, 0.1) is 12.2 Å². The SMILES string of the molecule is CCn1nc(C)c(CN=C(NC(=O)c2cc(C)cc(C)c2)Nc2cccc(SC)c2)c1C. The van der Waals surface area contributed by atoms with Gasteiger partial charge in [-0.1, -0.05) is 23.3 Å². The van der Waals surface area contributed by atoms with Gasteiger partial charge in [0.2, 0.25) is 5.96 Å². The van der Waals surface area contributed by atoms with Gasteiger partial charge in [0, 0.05) is 33.9 Å². The van der Waals surface area contributed by atoms with Crippen LogP contribution in [0.5, 0.6) is 0 Å². The van der Waals surface area contributed by atoms with Crippen molar-refractivity contribution >= 4 is 29.3 Å². The average Bonchev–Trinajstić information content (AvgIpc) is 3.04. The topological polar surface area (TPSA) is 71.3 Å². The number of hydrogen-bond acceptors (Lipinski definition) is 4. The maximum Gasteiger partial charge on any atom is 0.257 e. The van der Waals surface area contributed by atoms with Crippen LogP contribution in [-0.4, -0.2) is 27.9 Å². The Morgan fingerprint density at radius 2 is 1.81 bits per heavy atom. The first-order valence-electron chi connectivity index (χ1n) is 10.7. The number of benzene rings is 2. The maximum absolute atomic E-state index is 13.0. The molecule has 0 saturated heterocycles. The fourth-order valence-corrected chi connectivity index (χ4v) is 4.12. The van der Waals surface area contributed by atoms with E-state index in [9.17, 15) is 4.79 Å². The summed E-state index contributed by atoms with van der Waals surface area (Å²) in [4.78, 5) is 18.9. The summed E-state index contributed by atoms with van der Waals surface area (Å²) in [6.07, 6.45) is 2.03. The monoisotopic (exact) mass is 449 g/mol. The first kappa shape index (κ1) is 23.6. The van der Waals surface area contributed by atoms with Crippen LogP contribution in [0, 0.1) is 27.7 Å². The fourth-order valence-electron chi connectivity index (χ4n) is 3.66. The minimum Gasteiger partial charge on any atom is -0.326 e. The molecule has 168 valence electrons. The number of aliphatic imine (C=N–C) groups is 1. The number of carbonyl (C=O) groups is 1. The number of aryl methyl sites for hydroxylation is 4. The lowest BCUT2D eigenvalue weighted by Gasteiger charge is -2.13. The Kier molecular flexibility index (Phi) is 7.75. The van der Waals surface area contributed by atoms with E-state index in [1.807, 2.05) is 68.1 Å². The van der Waals surface area contributed by atoms with E-state index in [-0.39, 0.29) is 5.91 Å². The molecule has 0 fully saturated rings. The van der Waals surface area contributed by atoms with E-state index in [1.54, 1.807) is 11.8 Å². The molecule has 1 aromatic heterocycles. The highest BCUT2D eigenvalue weighted by Crippen LogP contribution is 2.19. The molecule has 0 spiro atoms. The molecule has 0 saturated carbocycles. The molecule has 2 aromatic carbocycles. The molecule has 0 unspecified atom stereocenters. The molecular weight excluding hydrogens is 418 g/mol. The molecule has 0 atom stereocenters. The Hall–Kier alpha value is -3.06. The highest BCUT2D eigenvalue weighted by atomic mass is 32.2. The lowest BCUT2D eigenvalue weighted by molar-refractivity contribution is 0.0976. The second-order valence-electron chi connectivity index (χ2n) is 7.82. The first-order valence-corrected chi connectivity index (χ1v) is 11.9. The normalized spacial score (nSPS) is 11.5. The fraction of sp³-hybridized carbons (Fsp3) is 0.320. The molecule has 6 nitrogen and oxygen atoms in total. The summed E-state index contributed by atoms with van der Waals surface area (Å²) >= 11 is 1.67. The molecule has 3 aromatic rings. The van der Waals surface area contributed by atoms with Gasteiger partial charge >= 0.3 is 0 Å². The van der Waals surface area contributed by atoms with Crippen LogP contribution in [0.1, 0.15) is 45.4 Å². The van der Waals surface area contributed by atoms with Crippen LogP contribution in [0.3, 0.4) is 0 Å². The van der Waals surface area contributed by atoms with Crippen molar-refractivity contribution in [3.63, 3.8) is 0 Å². The Balaban J connectivity index is 1.90. The number of amides is 1. The number of carbonyl (C=O) groups excluding carboxylic acids is 1. The number of anilines is 1. The van der Waals surface area contributed by atoms with Crippen LogP contribution in [0.15, 0.2) is 52.4 Å². The molecule has 2 N–H and O–H groups in total. The molecule has 1 heterocycles. The summed E-state index contributed by atoms with van der Waals surface area (Å²) in [5.41, 5.74) is 6.70. The van der Waals surface area contributed by atoms with E-state index < -0.39 is 0 Å². The van der Waals surface area contributed by atoms with Crippen LogP contribution >= 0.6 is 11.8 Å². The average molecular weight is 450 g/mol. The Morgan fingerprint density at radius 3 is 2.44 bits per heavy atom. The molecule has 0 aliphatic heterocycles. The number of hydrogen-bond donors (Lipinski definition) is 2. The number of guanidine groups is 1. The number of rotatable bonds is 6. The van der Waals surface area contributed by atoms with Crippen LogP contribution < -0.4 is 10.6 Å². The number of nitrogens with one attached hydrogen (secondary N) is 2. The molecule has 32 heavy (non-hydrogen) atoms. The second kappa shape index (κ2) is 10.5. The van der Waals surface area contributed by atoms with Crippen molar-refractivity contribution in [1.29, 1.82) is 0 Å². The predicted octanol–water partition coefficient (Wildman–Crippen LogP) is 5.26. The Bertz CT molecular complexity index is 1130. The third kappa shape index (κ3) is 5.79. The van der Waals surface area contributed by atoms with Gasteiger partial charge in [-0.25, -0.2) is 4.99 Å². The highest BCUT2D eigenvalue weighted by Gasteiger charge is 2.13. The molecular formula is C25H31N5OS. The summed E-state index contributed by atoms with van der Waals surface area (Å²) in [7, 11) is 0. The smallest absolute Gasteiger partial charge is 0.257 e. The van der Waals surface area contributed by atoms with Gasteiger partial charge in [-0.05, 0) is 71.2 Å². The van der Waals surface area contributed by atoms with Crippen molar-refractivity contribution in [2.24, 2.45) is 4.99 Å². The van der Waals surface area contributed by atoms with Gasteiger partial charge in [-0.2, -0.15) is 5.10 Å². The van der Waals surface area contributed by atoms with Crippen LogP contribution in [0.4, 0.5) is 5.69 Å². The minimum atomic E-state index is -0.193. The standard InChI is InChI=1S/C25H31N5OS/c1-7-30-19(5)23(18(4)29-30)15-26-25(27-21-9-8-10-22(14-21)32-6)28-24(31)20-12-16(2)11-17(3)13-20/h8-14H,7,15H2,1-6H3,(H2,26,27,28,31). The van der Waals surface area contributed by atoms with Crippen LogP contribution in [-0.2, 0) is 13.1 Å². The molecule has 7 heteroatoms. The van der Waals surface area contributed by atoms with E-state index in [0.717, 1.165) is 45.2 Å². The number of aromatic nitrogens is 2. The van der Waals surface area contributed by atoms with E-state index in [2.05, 4.69) is 35.6 Å². The van der Waals surface area contributed by atoms with E-state index in [0.29, 0.717) is 18.1 Å². The summed E-state index contributed by atoms with van der Waals surface area (Å²) < 4.78 is 1.98. The summed E-state index contributed by atoms with van der Waals surface area (Å²) in [5.74, 6) is 0.220. The number of thioether (sulfide) groups is 1. The van der Waals surface area contributed by atoms with Gasteiger partial charge < -0.3 is 5.32 Å². The van der Waals surface area contributed by atoms with Crippen molar-refractivity contribution in [3.05, 3.63) is 76.1 Å². The zero-order valence-electron chi connectivity index (χ0n) is 19.6. The van der Waals surface area contributed by atoms with Crippen LogP contribution in [0.25, 0.3) is 0 Å². The molecule has 0 aliphatic rings. The summed E-state index contributed by atoms with van der Waals surface area (Å²) in [6.45, 7) is 11.3. The lowest BCUT2D eigenvalue weighted by atomic mass is 10.1. The summed E-state index contributed by atoms with van der Waals surface area (Å²) in [5, 5.41) is 10.8. The van der Waals surface area contributed by atoms with Crippen LogP contribution in [0.2, 0.25) is 0 Å². The summed E-state index contributed by atoms with van der Waals surface area (Å²) in [6, 6.07) is 13.8. The largest absolute Gasteiger partial charge is 0.326 e. The van der Waals surface area contributed by atoms with E-state index in [1.165, 1.54) is 0 Å². The van der Waals surface area contributed by atoms with Crippen molar-refractivity contribution in [1.82, 2.24) is 15.1 Å². The zero-order chi connectivity index (χ0) is 23.3. The Labute approximate surface area is 194 Å².